The molecule has 1 aliphatic heterocycles. The van der Waals surface area contributed by atoms with E-state index in [1.54, 1.807) is 6.07 Å². The van der Waals surface area contributed by atoms with Crippen molar-refractivity contribution in [1.29, 1.82) is 0 Å². The summed E-state index contributed by atoms with van der Waals surface area (Å²) in [7, 11) is 1.41. The van der Waals surface area contributed by atoms with Gasteiger partial charge in [0.05, 0.1) is 18.8 Å². The Morgan fingerprint density at radius 1 is 1.40 bits per heavy atom. The van der Waals surface area contributed by atoms with Crippen LogP contribution in [0.2, 0.25) is 0 Å². The van der Waals surface area contributed by atoms with Crippen molar-refractivity contribution in [1.82, 2.24) is 0 Å². The zero-order chi connectivity index (χ0) is 14.5. The first-order valence-corrected chi connectivity index (χ1v) is 7.17. The Bertz CT molecular complexity index is 459. The summed E-state index contributed by atoms with van der Waals surface area (Å²) in [6, 6.07) is 7.81. The summed E-state index contributed by atoms with van der Waals surface area (Å²) in [5, 5.41) is 3.47. The molecule has 1 heterocycles. The Labute approximate surface area is 120 Å². The van der Waals surface area contributed by atoms with Gasteiger partial charge in [-0.25, -0.2) is 4.79 Å². The van der Waals surface area contributed by atoms with Gasteiger partial charge in [-0.15, -0.1) is 0 Å². The lowest BCUT2D eigenvalue weighted by Crippen LogP contribution is -2.36. The van der Waals surface area contributed by atoms with Gasteiger partial charge in [-0.3, -0.25) is 0 Å². The lowest BCUT2D eigenvalue weighted by Gasteiger charge is -2.33. The molecule has 1 aromatic rings. The van der Waals surface area contributed by atoms with E-state index in [-0.39, 0.29) is 12.1 Å². The quantitative estimate of drug-likeness (QED) is 0.859. The number of nitrogens with one attached hydrogen (secondary N) is 1. The topological polar surface area (TPSA) is 47.6 Å². The van der Waals surface area contributed by atoms with Crippen LogP contribution in [0.25, 0.3) is 0 Å². The van der Waals surface area contributed by atoms with Crippen molar-refractivity contribution in [3.63, 3.8) is 0 Å². The molecule has 2 atom stereocenters. The maximum atomic E-state index is 11.8. The number of methoxy groups -OCH3 is 1. The second-order valence-corrected chi connectivity index (χ2v) is 5.56. The van der Waals surface area contributed by atoms with Crippen molar-refractivity contribution < 1.29 is 14.3 Å². The zero-order valence-corrected chi connectivity index (χ0v) is 12.4. The number of rotatable bonds is 4. The Kier molecular flexibility index (Phi) is 5.01. The maximum absolute atomic E-state index is 11.8. The molecule has 0 aromatic heterocycles. The van der Waals surface area contributed by atoms with Crippen LogP contribution in [0.5, 0.6) is 0 Å². The second kappa shape index (κ2) is 6.75. The van der Waals surface area contributed by atoms with E-state index < -0.39 is 0 Å². The van der Waals surface area contributed by atoms with E-state index in [2.05, 4.69) is 19.2 Å². The van der Waals surface area contributed by atoms with Crippen LogP contribution in [0.15, 0.2) is 24.3 Å². The SMILES string of the molecule is COC(=O)c1ccccc1NC1CCOC(C(C)C)C1. The number of carbonyl (C=O) groups is 1. The van der Waals surface area contributed by atoms with Crippen molar-refractivity contribution in [2.24, 2.45) is 5.92 Å². The highest BCUT2D eigenvalue weighted by Crippen LogP contribution is 2.25. The van der Waals surface area contributed by atoms with Crippen LogP contribution in [0.3, 0.4) is 0 Å². The van der Waals surface area contributed by atoms with Gasteiger partial charge in [0, 0.05) is 18.3 Å². The Morgan fingerprint density at radius 2 is 2.15 bits per heavy atom. The molecule has 1 aliphatic rings. The van der Waals surface area contributed by atoms with Crippen LogP contribution in [0.1, 0.15) is 37.0 Å². The third-order valence-electron chi connectivity index (χ3n) is 3.75. The summed E-state index contributed by atoms with van der Waals surface area (Å²) < 4.78 is 10.6. The average Bonchev–Trinajstić information content (AvgIpc) is 2.47. The largest absolute Gasteiger partial charge is 0.465 e. The minimum atomic E-state index is -0.305. The monoisotopic (exact) mass is 277 g/mol. The fourth-order valence-electron chi connectivity index (χ4n) is 2.54. The number of ether oxygens (including phenoxy) is 2. The Hall–Kier alpha value is -1.55. The molecule has 0 saturated carbocycles. The predicted octanol–water partition coefficient (Wildman–Crippen LogP) is 3.09. The molecular weight excluding hydrogens is 254 g/mol. The summed E-state index contributed by atoms with van der Waals surface area (Å²) in [5.74, 6) is 0.205. The van der Waals surface area contributed by atoms with Gasteiger partial charge in [-0.2, -0.15) is 0 Å². The van der Waals surface area contributed by atoms with Crippen LogP contribution in [0.4, 0.5) is 5.69 Å². The van der Waals surface area contributed by atoms with Gasteiger partial charge in [0.2, 0.25) is 0 Å². The van der Waals surface area contributed by atoms with E-state index >= 15 is 0 Å². The van der Waals surface area contributed by atoms with Gasteiger partial charge in [-0.1, -0.05) is 26.0 Å². The number of hydrogen-bond donors (Lipinski definition) is 1. The number of benzene rings is 1. The molecule has 0 amide bonds. The van der Waals surface area contributed by atoms with Gasteiger partial charge < -0.3 is 14.8 Å². The molecule has 1 N–H and O–H groups in total. The Morgan fingerprint density at radius 3 is 2.85 bits per heavy atom. The third kappa shape index (κ3) is 3.51. The minimum Gasteiger partial charge on any atom is -0.465 e. The van der Waals surface area contributed by atoms with E-state index in [9.17, 15) is 4.79 Å². The number of para-hydroxylation sites is 1. The first-order valence-electron chi connectivity index (χ1n) is 7.17. The molecule has 20 heavy (non-hydrogen) atoms. The second-order valence-electron chi connectivity index (χ2n) is 5.56. The summed E-state index contributed by atoms with van der Waals surface area (Å²) in [4.78, 5) is 11.8. The van der Waals surface area contributed by atoms with Crippen LogP contribution >= 0.6 is 0 Å². The molecule has 0 radical (unpaired) electrons. The molecule has 2 unspecified atom stereocenters. The summed E-state index contributed by atoms with van der Waals surface area (Å²) >= 11 is 0. The molecule has 4 nitrogen and oxygen atoms in total. The number of esters is 1. The van der Waals surface area contributed by atoms with Gasteiger partial charge in [0.1, 0.15) is 0 Å². The number of carbonyl (C=O) groups excluding carboxylic acids is 1. The lowest BCUT2D eigenvalue weighted by atomic mass is 9.95. The molecule has 0 spiro atoms. The van der Waals surface area contributed by atoms with E-state index in [1.165, 1.54) is 7.11 Å². The molecule has 0 aliphatic carbocycles. The predicted molar refractivity (Wildman–Crippen MR) is 79.0 cm³/mol. The van der Waals surface area contributed by atoms with Gasteiger partial charge >= 0.3 is 5.97 Å². The molecular formula is C16H23NO3. The van der Waals surface area contributed by atoms with E-state index in [0.29, 0.717) is 17.5 Å². The highest BCUT2D eigenvalue weighted by molar-refractivity contribution is 5.95. The fourth-order valence-corrected chi connectivity index (χ4v) is 2.54. The molecule has 1 saturated heterocycles. The van der Waals surface area contributed by atoms with Crippen LogP contribution < -0.4 is 5.32 Å². The summed E-state index contributed by atoms with van der Waals surface area (Å²) in [5.41, 5.74) is 1.43. The fraction of sp³-hybridized carbons (Fsp3) is 0.562. The van der Waals surface area contributed by atoms with Crippen molar-refractivity contribution in [2.45, 2.75) is 38.8 Å². The molecule has 110 valence electrons. The van der Waals surface area contributed by atoms with Crippen LogP contribution in [-0.4, -0.2) is 31.8 Å². The lowest BCUT2D eigenvalue weighted by molar-refractivity contribution is -0.0160. The summed E-state index contributed by atoms with van der Waals surface area (Å²) in [6.07, 6.45) is 2.21. The number of hydrogen-bond acceptors (Lipinski definition) is 4. The standard InChI is InChI=1S/C16H23NO3/c1-11(2)15-10-12(8-9-20-15)17-14-7-5-4-6-13(14)16(18)19-3/h4-7,11-12,15,17H,8-10H2,1-3H3. The molecule has 0 bridgehead atoms. The van der Waals surface area contributed by atoms with Gasteiger partial charge in [0.15, 0.2) is 0 Å². The molecule has 2 rings (SSSR count). The van der Waals surface area contributed by atoms with Crippen LogP contribution in [-0.2, 0) is 9.47 Å². The zero-order valence-electron chi connectivity index (χ0n) is 12.4. The minimum absolute atomic E-state index is 0.284. The van der Waals surface area contributed by atoms with Gasteiger partial charge in [-0.05, 0) is 30.9 Å². The highest BCUT2D eigenvalue weighted by atomic mass is 16.5. The van der Waals surface area contributed by atoms with E-state index in [0.717, 1.165) is 25.1 Å². The first kappa shape index (κ1) is 14.9. The Balaban J connectivity index is 2.08. The molecule has 1 aromatic carbocycles. The maximum Gasteiger partial charge on any atom is 0.339 e. The first-order chi connectivity index (χ1) is 9.61. The average molecular weight is 277 g/mol. The van der Waals surface area contributed by atoms with Crippen molar-refractivity contribution in [2.75, 3.05) is 19.0 Å². The normalized spacial score (nSPS) is 22.6. The summed E-state index contributed by atoms with van der Waals surface area (Å²) in [6.45, 7) is 5.12. The molecule has 4 heteroatoms. The van der Waals surface area contributed by atoms with Crippen LogP contribution in [0, 0.1) is 5.92 Å². The van der Waals surface area contributed by atoms with E-state index in [1.807, 2.05) is 18.2 Å². The van der Waals surface area contributed by atoms with E-state index in [4.69, 9.17) is 9.47 Å². The van der Waals surface area contributed by atoms with Gasteiger partial charge in [0.25, 0.3) is 0 Å². The van der Waals surface area contributed by atoms with Crippen molar-refractivity contribution in [3.05, 3.63) is 29.8 Å². The highest BCUT2D eigenvalue weighted by Gasteiger charge is 2.25. The third-order valence-corrected chi connectivity index (χ3v) is 3.75. The molecule has 1 fully saturated rings. The van der Waals surface area contributed by atoms with Crippen molar-refractivity contribution >= 4 is 11.7 Å². The number of anilines is 1. The van der Waals surface area contributed by atoms with Crippen molar-refractivity contribution in [3.8, 4) is 0 Å². The smallest absolute Gasteiger partial charge is 0.339 e.